The van der Waals surface area contributed by atoms with Crippen LogP contribution in [-0.4, -0.2) is 14.4 Å². The third-order valence-electron chi connectivity index (χ3n) is 4.81. The lowest BCUT2D eigenvalue weighted by Crippen LogP contribution is -1.93. The van der Waals surface area contributed by atoms with Gasteiger partial charge in [0.1, 0.15) is 0 Å². The Kier molecular flexibility index (Phi) is 4.55. The van der Waals surface area contributed by atoms with E-state index in [9.17, 15) is 0 Å². The highest BCUT2D eigenvalue weighted by molar-refractivity contribution is 6.31. The van der Waals surface area contributed by atoms with Gasteiger partial charge in [0.2, 0.25) is 0 Å². The minimum absolute atomic E-state index is 0.693. The lowest BCUT2D eigenvalue weighted by Gasteiger charge is -2.08. The lowest BCUT2D eigenvalue weighted by molar-refractivity contribution is 1.13. The van der Waals surface area contributed by atoms with E-state index in [1.54, 1.807) is 6.20 Å². The van der Waals surface area contributed by atoms with Gasteiger partial charge in [-0.05, 0) is 24.3 Å². The first-order valence-corrected chi connectivity index (χ1v) is 9.90. The van der Waals surface area contributed by atoms with E-state index in [4.69, 9.17) is 28.2 Å². The number of benzene rings is 3. The smallest absolute Gasteiger partial charge is 0.156 e. The summed E-state index contributed by atoms with van der Waals surface area (Å²) >= 11 is 12.2. The zero-order valence-corrected chi connectivity index (χ0v) is 16.8. The molecule has 5 heteroatoms. The van der Waals surface area contributed by atoms with E-state index < -0.39 is 0 Å². The molecule has 3 aromatic carbocycles. The van der Waals surface area contributed by atoms with E-state index >= 15 is 0 Å². The first-order valence-electron chi connectivity index (χ1n) is 9.14. The van der Waals surface area contributed by atoms with Gasteiger partial charge in [-0.15, -0.1) is 0 Å². The summed E-state index contributed by atoms with van der Waals surface area (Å²) in [5.74, 6) is 0. The Morgan fingerprint density at radius 1 is 0.655 bits per heavy atom. The molecule has 0 spiro atoms. The maximum atomic E-state index is 6.12. The van der Waals surface area contributed by atoms with Crippen molar-refractivity contribution >= 4 is 28.8 Å². The molecule has 0 aliphatic heterocycles. The predicted molar refractivity (Wildman–Crippen MR) is 119 cm³/mol. The molecule has 0 bridgehead atoms. The third kappa shape index (κ3) is 3.39. The molecule has 140 valence electrons. The summed E-state index contributed by atoms with van der Waals surface area (Å²) in [5, 5.41) is 1.39. The van der Waals surface area contributed by atoms with E-state index in [-0.39, 0.29) is 0 Å². The topological polar surface area (TPSA) is 30.2 Å². The van der Waals surface area contributed by atoms with Gasteiger partial charge in [0, 0.05) is 32.9 Å². The number of nitrogens with zero attached hydrogens (tertiary/aromatic N) is 3. The van der Waals surface area contributed by atoms with Crippen LogP contribution >= 0.6 is 23.2 Å². The molecule has 5 rings (SSSR count). The van der Waals surface area contributed by atoms with Crippen molar-refractivity contribution in [1.29, 1.82) is 0 Å². The zero-order chi connectivity index (χ0) is 19.8. The Bertz CT molecular complexity index is 1290. The fourth-order valence-corrected chi connectivity index (χ4v) is 3.66. The summed E-state index contributed by atoms with van der Waals surface area (Å²) in [7, 11) is 0. The largest absolute Gasteiger partial charge is 0.296 e. The molecule has 0 atom stereocenters. The van der Waals surface area contributed by atoms with Gasteiger partial charge in [0.15, 0.2) is 5.65 Å². The van der Waals surface area contributed by atoms with Crippen LogP contribution in [0.25, 0.3) is 39.4 Å². The first-order chi connectivity index (χ1) is 14.2. The quantitative estimate of drug-likeness (QED) is 0.316. The Morgan fingerprint density at radius 3 is 1.93 bits per heavy atom. The Morgan fingerprint density at radius 2 is 1.28 bits per heavy atom. The molecule has 5 aromatic rings. The number of hydrogen-bond donors (Lipinski definition) is 0. The first kappa shape index (κ1) is 17.9. The average molecular weight is 416 g/mol. The highest BCUT2D eigenvalue weighted by atomic mass is 35.5. The molecule has 29 heavy (non-hydrogen) atoms. The molecule has 0 fully saturated rings. The van der Waals surface area contributed by atoms with Gasteiger partial charge in [0.25, 0.3) is 0 Å². The molecule has 0 aliphatic rings. The second-order valence-electron chi connectivity index (χ2n) is 6.69. The van der Waals surface area contributed by atoms with E-state index in [0.717, 1.165) is 39.4 Å². The van der Waals surface area contributed by atoms with Crippen molar-refractivity contribution in [2.24, 2.45) is 0 Å². The second kappa shape index (κ2) is 7.36. The van der Waals surface area contributed by atoms with Crippen molar-refractivity contribution < 1.29 is 0 Å². The van der Waals surface area contributed by atoms with Gasteiger partial charge in [0.05, 0.1) is 23.3 Å². The second-order valence-corrected chi connectivity index (χ2v) is 7.56. The maximum Gasteiger partial charge on any atom is 0.156 e. The number of aromatic nitrogens is 3. The standard InChI is InChI=1S/C24H15Cl2N3/c25-19-10-6-17(7-11-19)23-24(18-8-12-20(26)13-9-18)29-15-21(27-14-22(29)28-23)16-4-2-1-3-5-16/h1-15H. The molecule has 3 nitrogen and oxygen atoms in total. The minimum atomic E-state index is 0.693. The predicted octanol–water partition coefficient (Wildman–Crippen LogP) is 7.04. The number of rotatable bonds is 3. The monoisotopic (exact) mass is 415 g/mol. The van der Waals surface area contributed by atoms with Crippen LogP contribution in [0.4, 0.5) is 0 Å². The number of imidazole rings is 1. The Balaban J connectivity index is 1.78. The summed E-state index contributed by atoms with van der Waals surface area (Å²) in [6.07, 6.45) is 3.84. The summed E-state index contributed by atoms with van der Waals surface area (Å²) in [6, 6.07) is 25.6. The average Bonchev–Trinajstić information content (AvgIpc) is 3.14. The van der Waals surface area contributed by atoms with Crippen molar-refractivity contribution in [3.63, 3.8) is 0 Å². The van der Waals surface area contributed by atoms with Crippen LogP contribution in [0.15, 0.2) is 91.3 Å². The van der Waals surface area contributed by atoms with E-state index in [0.29, 0.717) is 10.0 Å². The van der Waals surface area contributed by atoms with Gasteiger partial charge in [-0.3, -0.25) is 9.38 Å². The summed E-state index contributed by atoms with van der Waals surface area (Å²) < 4.78 is 2.09. The molecule has 2 heterocycles. The van der Waals surface area contributed by atoms with Gasteiger partial charge >= 0.3 is 0 Å². The molecular weight excluding hydrogens is 401 g/mol. The maximum absolute atomic E-state index is 6.12. The van der Waals surface area contributed by atoms with Crippen LogP contribution in [0.2, 0.25) is 10.0 Å². The minimum Gasteiger partial charge on any atom is -0.296 e. The third-order valence-corrected chi connectivity index (χ3v) is 5.32. The van der Waals surface area contributed by atoms with Crippen LogP contribution < -0.4 is 0 Å². The normalized spacial score (nSPS) is 11.1. The molecule has 0 aliphatic carbocycles. The highest BCUT2D eigenvalue weighted by Gasteiger charge is 2.17. The van der Waals surface area contributed by atoms with Gasteiger partial charge in [-0.1, -0.05) is 77.8 Å². The molecular formula is C24H15Cl2N3. The number of fused-ring (bicyclic) bond motifs is 1. The molecule has 0 amide bonds. The molecule has 0 saturated carbocycles. The summed E-state index contributed by atoms with van der Waals surface area (Å²) in [6.45, 7) is 0. The van der Waals surface area contributed by atoms with Gasteiger partial charge in [-0.25, -0.2) is 4.98 Å². The molecule has 0 N–H and O–H groups in total. The van der Waals surface area contributed by atoms with Crippen LogP contribution in [0.3, 0.4) is 0 Å². The molecule has 0 saturated heterocycles. The molecule has 2 aromatic heterocycles. The van der Waals surface area contributed by atoms with Crippen molar-refractivity contribution in [2.75, 3.05) is 0 Å². The lowest BCUT2D eigenvalue weighted by atomic mass is 10.0. The van der Waals surface area contributed by atoms with E-state index in [1.165, 1.54) is 0 Å². The SMILES string of the molecule is Clc1ccc(-c2nc3cnc(-c4ccccc4)cn3c2-c2ccc(Cl)cc2)cc1. The van der Waals surface area contributed by atoms with Crippen LogP contribution in [0.1, 0.15) is 0 Å². The van der Waals surface area contributed by atoms with Crippen LogP contribution in [0, 0.1) is 0 Å². The van der Waals surface area contributed by atoms with Gasteiger partial charge < -0.3 is 0 Å². The fraction of sp³-hybridized carbons (Fsp3) is 0. The van der Waals surface area contributed by atoms with Crippen molar-refractivity contribution in [3.05, 3.63) is 101 Å². The van der Waals surface area contributed by atoms with E-state index in [1.807, 2.05) is 85.1 Å². The molecule has 0 unspecified atom stereocenters. The van der Waals surface area contributed by atoms with Crippen molar-refractivity contribution in [3.8, 4) is 33.8 Å². The zero-order valence-electron chi connectivity index (χ0n) is 15.3. The Hall–Kier alpha value is -3.14. The van der Waals surface area contributed by atoms with Crippen LogP contribution in [0.5, 0.6) is 0 Å². The van der Waals surface area contributed by atoms with Crippen molar-refractivity contribution in [2.45, 2.75) is 0 Å². The van der Waals surface area contributed by atoms with Gasteiger partial charge in [-0.2, -0.15) is 0 Å². The number of hydrogen-bond acceptors (Lipinski definition) is 2. The fourth-order valence-electron chi connectivity index (χ4n) is 3.41. The Labute approximate surface area is 178 Å². The molecule has 0 radical (unpaired) electrons. The van der Waals surface area contributed by atoms with Crippen LogP contribution in [-0.2, 0) is 0 Å². The van der Waals surface area contributed by atoms with E-state index in [2.05, 4.69) is 9.38 Å². The van der Waals surface area contributed by atoms with Crippen molar-refractivity contribution in [1.82, 2.24) is 14.4 Å². The highest BCUT2D eigenvalue weighted by Crippen LogP contribution is 2.34. The summed E-state index contributed by atoms with van der Waals surface area (Å²) in [5.41, 5.74) is 6.59. The number of halogens is 2. The summed E-state index contributed by atoms with van der Waals surface area (Å²) in [4.78, 5) is 9.49.